The summed E-state index contributed by atoms with van der Waals surface area (Å²) in [5, 5.41) is 4.71. The first-order valence-electron chi connectivity index (χ1n) is 13.9. The number of fused-ring (bicyclic) bond motifs is 1. The Hall–Kier alpha value is -3.89. The van der Waals surface area contributed by atoms with E-state index >= 15 is 0 Å². The summed E-state index contributed by atoms with van der Waals surface area (Å²) in [6.07, 6.45) is 1.68. The average Bonchev–Trinajstić information content (AvgIpc) is 3.27. The molecule has 222 valence electrons. The van der Waals surface area contributed by atoms with Gasteiger partial charge < -0.3 is 19.1 Å². The Kier molecular flexibility index (Phi) is 8.46. The van der Waals surface area contributed by atoms with Crippen molar-refractivity contribution < 1.29 is 28.2 Å². The second-order valence-electron chi connectivity index (χ2n) is 12.5. The number of imidazole rings is 1. The molecule has 10 nitrogen and oxygen atoms in total. The Morgan fingerprint density at radius 1 is 1.07 bits per heavy atom. The van der Waals surface area contributed by atoms with E-state index in [1.54, 1.807) is 48.5 Å². The van der Waals surface area contributed by atoms with E-state index in [1.807, 2.05) is 34.6 Å². The molecule has 4 rings (SSSR count). The fraction of sp³-hybridized carbons (Fsp3) is 0.533. The monoisotopic (exact) mass is 569 g/mol. The van der Waals surface area contributed by atoms with Crippen LogP contribution in [-0.4, -0.2) is 62.1 Å². The molecule has 41 heavy (non-hydrogen) atoms. The topological polar surface area (TPSA) is 98.5 Å². The molecule has 1 aliphatic rings. The van der Waals surface area contributed by atoms with Gasteiger partial charge in [0.25, 0.3) is 0 Å². The molecule has 1 saturated heterocycles. The molecule has 1 atom stereocenters. The van der Waals surface area contributed by atoms with Gasteiger partial charge >= 0.3 is 12.2 Å². The van der Waals surface area contributed by atoms with Gasteiger partial charge in [0.1, 0.15) is 28.8 Å². The van der Waals surface area contributed by atoms with Crippen molar-refractivity contribution in [2.24, 2.45) is 0 Å². The SMILES string of the molecule is CC(C)c1cnc2c(N(C(=O)OC(C)(C)C)c3cccc(F)c3)cc(O[C@H]3CCCN(C(=O)OC(C)(C)C)C3)nn12. The first-order chi connectivity index (χ1) is 19.1. The number of hydrogen-bond donors (Lipinski definition) is 0. The molecule has 1 aromatic carbocycles. The van der Waals surface area contributed by atoms with Crippen molar-refractivity contribution in [3.05, 3.63) is 48.0 Å². The molecule has 0 saturated carbocycles. The van der Waals surface area contributed by atoms with Gasteiger partial charge in [-0.25, -0.2) is 28.4 Å². The van der Waals surface area contributed by atoms with Crippen LogP contribution in [0.2, 0.25) is 0 Å². The first kappa shape index (κ1) is 30.1. The van der Waals surface area contributed by atoms with Crippen LogP contribution in [0.3, 0.4) is 0 Å². The van der Waals surface area contributed by atoms with Crippen molar-refractivity contribution in [1.29, 1.82) is 0 Å². The summed E-state index contributed by atoms with van der Waals surface area (Å²) in [6, 6.07) is 7.31. The van der Waals surface area contributed by atoms with Crippen molar-refractivity contribution in [1.82, 2.24) is 19.5 Å². The number of benzene rings is 1. The molecule has 1 aliphatic heterocycles. The molecule has 0 radical (unpaired) electrons. The van der Waals surface area contributed by atoms with E-state index in [0.717, 1.165) is 12.1 Å². The van der Waals surface area contributed by atoms with Gasteiger partial charge in [0.2, 0.25) is 5.88 Å². The van der Waals surface area contributed by atoms with Crippen LogP contribution in [0.25, 0.3) is 5.65 Å². The fourth-order valence-electron chi connectivity index (χ4n) is 4.53. The number of rotatable bonds is 5. The average molecular weight is 570 g/mol. The Bertz CT molecular complexity index is 1410. The summed E-state index contributed by atoms with van der Waals surface area (Å²) in [4.78, 5) is 33.8. The minimum Gasteiger partial charge on any atom is -0.471 e. The van der Waals surface area contributed by atoms with Gasteiger partial charge in [-0.3, -0.25) is 0 Å². The quantitative estimate of drug-likeness (QED) is 0.332. The minimum atomic E-state index is -0.808. The third kappa shape index (κ3) is 7.45. The highest BCUT2D eigenvalue weighted by atomic mass is 19.1. The lowest BCUT2D eigenvalue weighted by Crippen LogP contribution is -2.46. The number of anilines is 2. The van der Waals surface area contributed by atoms with E-state index in [4.69, 9.17) is 19.3 Å². The third-order valence-electron chi connectivity index (χ3n) is 6.24. The zero-order valence-electron chi connectivity index (χ0n) is 25.1. The van der Waals surface area contributed by atoms with Crippen molar-refractivity contribution >= 4 is 29.2 Å². The number of likely N-dealkylation sites (tertiary alicyclic amines) is 1. The highest BCUT2D eigenvalue weighted by Crippen LogP contribution is 2.35. The second-order valence-corrected chi connectivity index (χ2v) is 12.5. The second kappa shape index (κ2) is 11.5. The number of hydrogen-bond acceptors (Lipinski definition) is 7. The largest absolute Gasteiger partial charge is 0.471 e. The molecule has 0 spiro atoms. The molecule has 0 unspecified atom stereocenters. The van der Waals surface area contributed by atoms with E-state index in [-0.39, 0.29) is 23.6 Å². The summed E-state index contributed by atoms with van der Waals surface area (Å²) in [6.45, 7) is 15.7. The van der Waals surface area contributed by atoms with Gasteiger partial charge in [0.05, 0.1) is 24.1 Å². The molecule has 0 N–H and O–H groups in total. The predicted octanol–water partition coefficient (Wildman–Crippen LogP) is 6.84. The highest BCUT2D eigenvalue weighted by Gasteiger charge is 2.32. The van der Waals surface area contributed by atoms with E-state index < -0.39 is 29.2 Å². The lowest BCUT2D eigenvalue weighted by molar-refractivity contribution is 0.00706. The number of halogens is 1. The lowest BCUT2D eigenvalue weighted by Gasteiger charge is -2.34. The Balaban J connectivity index is 1.77. The molecule has 0 bridgehead atoms. The Labute approximate surface area is 240 Å². The molecule has 2 amide bonds. The standard InChI is InChI=1S/C30H40FN5O5/c1-19(2)24-17-32-26-23(35(28(38)41-30(6,7)8)21-12-9-11-20(31)15-21)16-25(33-36(24)26)39-22-13-10-14-34(18-22)27(37)40-29(3,4)5/h9,11-12,15-17,19,22H,10,13-14,18H2,1-8H3/t22-/m0/s1. The predicted molar refractivity (Wildman–Crippen MR) is 153 cm³/mol. The number of piperidine rings is 1. The van der Waals surface area contributed by atoms with Crippen molar-refractivity contribution in [3.63, 3.8) is 0 Å². The van der Waals surface area contributed by atoms with Crippen LogP contribution in [0, 0.1) is 5.82 Å². The van der Waals surface area contributed by atoms with Crippen molar-refractivity contribution in [3.8, 4) is 5.88 Å². The van der Waals surface area contributed by atoms with Gasteiger partial charge in [-0.15, -0.1) is 5.10 Å². The van der Waals surface area contributed by atoms with Gasteiger partial charge in [-0.05, 0) is 78.5 Å². The maximum absolute atomic E-state index is 14.4. The number of aromatic nitrogens is 3. The zero-order valence-corrected chi connectivity index (χ0v) is 25.1. The van der Waals surface area contributed by atoms with Crippen LogP contribution in [0.5, 0.6) is 5.88 Å². The molecule has 2 aromatic heterocycles. The summed E-state index contributed by atoms with van der Waals surface area (Å²) < 4.78 is 33.7. The van der Waals surface area contributed by atoms with Gasteiger partial charge in [0.15, 0.2) is 5.65 Å². The van der Waals surface area contributed by atoms with Gasteiger partial charge in [-0.1, -0.05) is 19.9 Å². The molecule has 0 aliphatic carbocycles. The number of ether oxygens (including phenoxy) is 3. The van der Waals surface area contributed by atoms with Crippen molar-refractivity contribution in [2.75, 3.05) is 18.0 Å². The number of amides is 2. The fourth-order valence-corrected chi connectivity index (χ4v) is 4.53. The normalized spacial score (nSPS) is 16.1. The molecule has 3 heterocycles. The smallest absolute Gasteiger partial charge is 0.419 e. The summed E-state index contributed by atoms with van der Waals surface area (Å²) >= 11 is 0. The molecule has 11 heteroatoms. The first-order valence-corrected chi connectivity index (χ1v) is 13.9. The third-order valence-corrected chi connectivity index (χ3v) is 6.24. The van der Waals surface area contributed by atoms with Crippen LogP contribution in [0.4, 0.5) is 25.4 Å². The highest BCUT2D eigenvalue weighted by molar-refractivity contribution is 6.00. The zero-order chi connectivity index (χ0) is 30.1. The Morgan fingerprint density at radius 3 is 2.41 bits per heavy atom. The summed E-state index contributed by atoms with van der Waals surface area (Å²) in [7, 11) is 0. The van der Waals surface area contributed by atoms with Crippen molar-refractivity contribution in [2.45, 2.75) is 91.5 Å². The van der Waals surface area contributed by atoms with E-state index in [9.17, 15) is 14.0 Å². The van der Waals surface area contributed by atoms with Crippen LogP contribution in [-0.2, 0) is 9.47 Å². The number of carbonyl (C=O) groups excluding carboxylic acids is 2. The maximum atomic E-state index is 14.4. The maximum Gasteiger partial charge on any atom is 0.419 e. The van der Waals surface area contributed by atoms with Crippen LogP contribution in [0.15, 0.2) is 36.5 Å². The molecule has 1 fully saturated rings. The van der Waals surface area contributed by atoms with Crippen LogP contribution in [0.1, 0.15) is 79.8 Å². The number of nitrogens with zero attached hydrogens (tertiary/aromatic N) is 5. The Morgan fingerprint density at radius 2 is 1.78 bits per heavy atom. The van der Waals surface area contributed by atoms with Gasteiger partial charge in [0, 0.05) is 12.6 Å². The number of carbonyl (C=O) groups is 2. The van der Waals surface area contributed by atoms with E-state index in [1.165, 1.54) is 23.1 Å². The molecular weight excluding hydrogens is 529 g/mol. The van der Waals surface area contributed by atoms with Gasteiger partial charge in [-0.2, -0.15) is 0 Å². The molecule has 3 aromatic rings. The molecular formula is C30H40FN5O5. The minimum absolute atomic E-state index is 0.0575. The van der Waals surface area contributed by atoms with E-state index in [2.05, 4.69) is 4.98 Å². The van der Waals surface area contributed by atoms with Crippen LogP contribution >= 0.6 is 0 Å². The summed E-state index contributed by atoms with van der Waals surface area (Å²) in [5.74, 6) is -0.219. The van der Waals surface area contributed by atoms with E-state index in [0.29, 0.717) is 30.8 Å². The van der Waals surface area contributed by atoms with Crippen LogP contribution < -0.4 is 9.64 Å². The summed E-state index contributed by atoms with van der Waals surface area (Å²) in [5.41, 5.74) is 0.354. The lowest BCUT2D eigenvalue weighted by atomic mass is 10.1.